The van der Waals surface area contributed by atoms with Crippen LogP contribution in [0.1, 0.15) is 75.4 Å². The Bertz CT molecular complexity index is 1390. The normalized spacial score (nSPS) is 15.1. The summed E-state index contributed by atoms with van der Waals surface area (Å²) in [6, 6.07) is 4.62. The standard InChI is InChI=1S/C29H34N2O8S/c1-7-36-29(34)25-20-10-8-15(2)12-24(20)40-27(25)30-26(32)18(5)38-28(33)19-9-11-22(23(13-19)35-6)37-14-21-16(3)31-39-17(21)4/h9,11,13,15,18H,7-8,10,12,14H2,1-6H3,(H,30,32)/t15-,18-/m1/s1. The van der Waals surface area contributed by atoms with Crippen LogP contribution in [0, 0.1) is 19.8 Å². The molecule has 0 unspecified atom stereocenters. The van der Waals surface area contributed by atoms with Crippen LogP contribution in [0.4, 0.5) is 5.00 Å². The highest BCUT2D eigenvalue weighted by molar-refractivity contribution is 7.17. The second-order valence-corrected chi connectivity index (χ2v) is 10.9. The molecule has 0 radical (unpaired) electrons. The summed E-state index contributed by atoms with van der Waals surface area (Å²) >= 11 is 1.38. The van der Waals surface area contributed by atoms with Gasteiger partial charge in [0.15, 0.2) is 17.6 Å². The minimum Gasteiger partial charge on any atom is -0.493 e. The van der Waals surface area contributed by atoms with E-state index in [1.54, 1.807) is 19.9 Å². The van der Waals surface area contributed by atoms with E-state index in [0.717, 1.165) is 41.0 Å². The molecule has 1 aromatic carbocycles. The maximum atomic E-state index is 13.0. The van der Waals surface area contributed by atoms with Crippen molar-refractivity contribution in [1.82, 2.24) is 5.16 Å². The van der Waals surface area contributed by atoms with Crippen LogP contribution in [-0.2, 0) is 33.7 Å². The Balaban J connectivity index is 1.43. The number of fused-ring (bicyclic) bond motifs is 1. The van der Waals surface area contributed by atoms with E-state index in [-0.39, 0.29) is 18.8 Å². The van der Waals surface area contributed by atoms with Gasteiger partial charge in [-0.1, -0.05) is 12.1 Å². The van der Waals surface area contributed by atoms with Crippen LogP contribution in [0.15, 0.2) is 22.7 Å². The van der Waals surface area contributed by atoms with Crippen LogP contribution in [0.3, 0.4) is 0 Å². The Morgan fingerprint density at radius 3 is 2.65 bits per heavy atom. The third kappa shape index (κ3) is 6.30. The third-order valence-electron chi connectivity index (χ3n) is 6.83. The van der Waals surface area contributed by atoms with Crippen LogP contribution >= 0.6 is 11.3 Å². The minimum absolute atomic E-state index is 0.189. The fraction of sp³-hybridized carbons (Fsp3) is 0.448. The lowest BCUT2D eigenvalue weighted by molar-refractivity contribution is -0.123. The molecule has 2 heterocycles. The molecule has 214 valence electrons. The van der Waals surface area contributed by atoms with Crippen LogP contribution in [-0.4, -0.2) is 42.8 Å². The molecule has 0 bridgehead atoms. The number of benzene rings is 1. The van der Waals surface area contributed by atoms with E-state index in [1.165, 1.54) is 37.5 Å². The number of carbonyl (C=O) groups is 3. The topological polar surface area (TPSA) is 126 Å². The van der Waals surface area contributed by atoms with Gasteiger partial charge in [0.25, 0.3) is 5.91 Å². The number of hydrogen-bond acceptors (Lipinski definition) is 10. The van der Waals surface area contributed by atoms with Gasteiger partial charge < -0.3 is 28.8 Å². The molecule has 11 heteroatoms. The Kier molecular flexibility index (Phi) is 9.14. The monoisotopic (exact) mass is 570 g/mol. The van der Waals surface area contributed by atoms with E-state index in [2.05, 4.69) is 17.4 Å². The average Bonchev–Trinajstić information content (AvgIpc) is 3.44. The van der Waals surface area contributed by atoms with Crippen molar-refractivity contribution < 1.29 is 37.9 Å². The lowest BCUT2D eigenvalue weighted by Gasteiger charge is -2.18. The number of rotatable bonds is 10. The molecular formula is C29H34N2O8S. The number of nitrogens with zero attached hydrogens (tertiary/aromatic N) is 1. The molecule has 0 saturated carbocycles. The van der Waals surface area contributed by atoms with Crippen molar-refractivity contribution in [2.45, 2.75) is 66.6 Å². The first kappa shape index (κ1) is 29.1. The largest absolute Gasteiger partial charge is 0.493 e. The van der Waals surface area contributed by atoms with E-state index in [1.807, 2.05) is 6.92 Å². The predicted octanol–water partition coefficient (Wildman–Crippen LogP) is 5.43. The highest BCUT2D eigenvalue weighted by Crippen LogP contribution is 2.40. The summed E-state index contributed by atoms with van der Waals surface area (Å²) in [6.45, 7) is 9.46. The van der Waals surface area contributed by atoms with Gasteiger partial charge in [-0.3, -0.25) is 4.79 Å². The first-order chi connectivity index (χ1) is 19.1. The number of aromatic nitrogens is 1. The highest BCUT2D eigenvalue weighted by atomic mass is 32.1. The SMILES string of the molecule is CCOC(=O)c1c(NC(=O)[C@@H](C)OC(=O)c2ccc(OCc3c(C)noc3C)c(OC)c2)sc2c1CC[C@@H](C)C2. The van der Waals surface area contributed by atoms with Gasteiger partial charge in [-0.05, 0) is 76.6 Å². The number of amides is 1. The summed E-state index contributed by atoms with van der Waals surface area (Å²) in [6.07, 6.45) is 1.43. The van der Waals surface area contributed by atoms with Gasteiger partial charge in [0.05, 0.1) is 36.1 Å². The van der Waals surface area contributed by atoms with Crippen molar-refractivity contribution in [2.75, 3.05) is 19.0 Å². The highest BCUT2D eigenvalue weighted by Gasteiger charge is 2.30. The van der Waals surface area contributed by atoms with Crippen molar-refractivity contribution in [2.24, 2.45) is 5.92 Å². The maximum Gasteiger partial charge on any atom is 0.341 e. The molecule has 0 aliphatic heterocycles. The van der Waals surface area contributed by atoms with Gasteiger partial charge in [-0.2, -0.15) is 0 Å². The van der Waals surface area contributed by atoms with E-state index < -0.39 is 23.9 Å². The van der Waals surface area contributed by atoms with Crippen LogP contribution in [0.2, 0.25) is 0 Å². The van der Waals surface area contributed by atoms with E-state index >= 15 is 0 Å². The summed E-state index contributed by atoms with van der Waals surface area (Å²) in [5.41, 5.74) is 3.09. The zero-order valence-electron chi connectivity index (χ0n) is 23.5. The van der Waals surface area contributed by atoms with Crippen molar-refractivity contribution in [1.29, 1.82) is 0 Å². The molecule has 1 N–H and O–H groups in total. The summed E-state index contributed by atoms with van der Waals surface area (Å²) in [4.78, 5) is 39.7. The molecular weight excluding hydrogens is 536 g/mol. The second kappa shape index (κ2) is 12.5. The summed E-state index contributed by atoms with van der Waals surface area (Å²) in [7, 11) is 1.46. The van der Waals surface area contributed by atoms with Crippen molar-refractivity contribution in [3.63, 3.8) is 0 Å². The number of esters is 2. The fourth-order valence-electron chi connectivity index (χ4n) is 4.53. The number of anilines is 1. The van der Waals surface area contributed by atoms with Gasteiger partial charge in [-0.15, -0.1) is 11.3 Å². The summed E-state index contributed by atoms with van der Waals surface area (Å²) < 4.78 is 27.1. The quantitative estimate of drug-likeness (QED) is 0.318. The van der Waals surface area contributed by atoms with Gasteiger partial charge in [-0.25, -0.2) is 9.59 Å². The fourth-order valence-corrected chi connectivity index (χ4v) is 5.93. The van der Waals surface area contributed by atoms with Gasteiger partial charge in [0.2, 0.25) is 0 Å². The molecule has 4 rings (SSSR count). The Hall–Kier alpha value is -3.86. The number of nitrogens with one attached hydrogen (secondary N) is 1. The molecule has 3 aromatic rings. The number of thiophene rings is 1. The van der Waals surface area contributed by atoms with Crippen LogP contribution in [0.5, 0.6) is 11.5 Å². The van der Waals surface area contributed by atoms with E-state index in [0.29, 0.717) is 33.7 Å². The molecule has 1 aliphatic rings. The molecule has 0 saturated heterocycles. The molecule has 0 fully saturated rings. The predicted molar refractivity (Wildman–Crippen MR) is 148 cm³/mol. The lowest BCUT2D eigenvalue weighted by Crippen LogP contribution is -2.30. The molecule has 0 spiro atoms. The number of ether oxygens (including phenoxy) is 4. The lowest BCUT2D eigenvalue weighted by atomic mass is 9.88. The van der Waals surface area contributed by atoms with Crippen molar-refractivity contribution in [3.05, 3.63) is 56.8 Å². The zero-order valence-corrected chi connectivity index (χ0v) is 24.4. The van der Waals surface area contributed by atoms with Crippen molar-refractivity contribution in [3.8, 4) is 11.5 Å². The minimum atomic E-state index is -1.12. The van der Waals surface area contributed by atoms with Gasteiger partial charge >= 0.3 is 11.9 Å². The van der Waals surface area contributed by atoms with Crippen LogP contribution < -0.4 is 14.8 Å². The number of carbonyl (C=O) groups excluding carboxylic acids is 3. The third-order valence-corrected chi connectivity index (χ3v) is 8.00. The van der Waals surface area contributed by atoms with E-state index in [9.17, 15) is 14.4 Å². The van der Waals surface area contributed by atoms with E-state index in [4.69, 9.17) is 23.5 Å². The maximum absolute atomic E-state index is 13.0. The molecule has 2 aromatic heterocycles. The summed E-state index contributed by atoms with van der Waals surface area (Å²) in [5.74, 6) is 0.200. The Labute approximate surface area is 236 Å². The molecule has 1 amide bonds. The average molecular weight is 571 g/mol. The first-order valence-electron chi connectivity index (χ1n) is 13.2. The molecule has 40 heavy (non-hydrogen) atoms. The number of aryl methyl sites for hydroxylation is 2. The molecule has 1 aliphatic carbocycles. The smallest absolute Gasteiger partial charge is 0.341 e. The molecule has 10 nitrogen and oxygen atoms in total. The Morgan fingerprint density at radius 2 is 1.98 bits per heavy atom. The van der Waals surface area contributed by atoms with Gasteiger partial charge in [0.1, 0.15) is 17.4 Å². The Morgan fingerprint density at radius 1 is 1.20 bits per heavy atom. The number of hydrogen-bond donors (Lipinski definition) is 1. The molecule has 2 atom stereocenters. The van der Waals surface area contributed by atoms with Gasteiger partial charge in [0, 0.05) is 4.88 Å². The summed E-state index contributed by atoms with van der Waals surface area (Å²) in [5, 5.41) is 7.13. The second-order valence-electron chi connectivity index (χ2n) is 9.77. The number of methoxy groups -OCH3 is 1. The first-order valence-corrected chi connectivity index (χ1v) is 14.0. The zero-order chi connectivity index (χ0) is 29.0. The van der Waals surface area contributed by atoms with Crippen molar-refractivity contribution >= 4 is 34.2 Å². The van der Waals surface area contributed by atoms with Crippen LogP contribution in [0.25, 0.3) is 0 Å².